The van der Waals surface area contributed by atoms with Gasteiger partial charge in [0.05, 0.1) is 16.2 Å². The zero-order valence-electron chi connectivity index (χ0n) is 17.5. The van der Waals surface area contributed by atoms with E-state index in [-0.39, 0.29) is 6.07 Å². The average Bonchev–Trinajstić information content (AvgIpc) is 2.75. The van der Waals surface area contributed by atoms with Crippen molar-refractivity contribution >= 4 is 29.2 Å². The predicted octanol–water partition coefficient (Wildman–Crippen LogP) is 3.55. The number of nitro groups is 1. The van der Waals surface area contributed by atoms with Crippen LogP contribution in [0.5, 0.6) is 0 Å². The van der Waals surface area contributed by atoms with Crippen molar-refractivity contribution in [2.45, 2.75) is 26.1 Å². The van der Waals surface area contributed by atoms with Crippen LogP contribution in [-0.4, -0.2) is 35.4 Å². The fourth-order valence-electron chi connectivity index (χ4n) is 2.71. The van der Waals surface area contributed by atoms with Crippen LogP contribution in [0.2, 0.25) is 0 Å². The molecule has 0 aliphatic rings. The van der Waals surface area contributed by atoms with E-state index in [4.69, 9.17) is 4.74 Å². The molecule has 33 heavy (non-hydrogen) atoms. The quantitative estimate of drug-likeness (QED) is 0.347. The van der Waals surface area contributed by atoms with Crippen LogP contribution < -0.4 is 10.6 Å². The Kier molecular flexibility index (Phi) is 8.10. The molecule has 0 unspecified atom stereocenters. The fourth-order valence-corrected chi connectivity index (χ4v) is 2.71. The molecule has 0 aromatic heterocycles. The lowest BCUT2D eigenvalue weighted by Crippen LogP contribution is -2.45. The Morgan fingerprint density at radius 1 is 1.09 bits per heavy atom. The Labute approximate surface area is 186 Å². The summed E-state index contributed by atoms with van der Waals surface area (Å²) in [4.78, 5) is 46.5. The van der Waals surface area contributed by atoms with Gasteiger partial charge in [-0.05, 0) is 24.1 Å². The number of hydrogen-bond donors (Lipinski definition) is 2. The molecule has 2 rings (SSSR count). The van der Waals surface area contributed by atoms with E-state index in [1.165, 1.54) is 12.1 Å². The molecule has 0 aliphatic carbocycles. The Morgan fingerprint density at radius 3 is 2.27 bits per heavy atom. The molecular formula is C21H20F3N3O6. The van der Waals surface area contributed by atoms with Crippen LogP contribution in [0.3, 0.4) is 0 Å². The van der Waals surface area contributed by atoms with E-state index in [2.05, 4.69) is 5.32 Å². The van der Waals surface area contributed by atoms with Gasteiger partial charge in [-0.2, -0.15) is 13.2 Å². The van der Waals surface area contributed by atoms with Gasteiger partial charge >= 0.3 is 12.1 Å². The number of alkyl halides is 3. The molecule has 0 fully saturated rings. The van der Waals surface area contributed by atoms with E-state index in [1.54, 1.807) is 32.0 Å². The highest BCUT2D eigenvalue weighted by Crippen LogP contribution is 2.37. The van der Waals surface area contributed by atoms with Gasteiger partial charge in [-0.15, -0.1) is 0 Å². The number of nitrogens with zero attached hydrogens (tertiary/aromatic N) is 1. The summed E-state index contributed by atoms with van der Waals surface area (Å²) in [6.45, 7) is 2.32. The maximum atomic E-state index is 13.2. The zero-order chi connectivity index (χ0) is 24.8. The maximum Gasteiger partial charge on any atom is 0.418 e. The summed E-state index contributed by atoms with van der Waals surface area (Å²) in [6.07, 6.45) is -4.98. The molecule has 0 saturated heterocycles. The van der Waals surface area contributed by atoms with Crippen molar-refractivity contribution in [2.75, 3.05) is 11.9 Å². The molecule has 0 bridgehead atoms. The van der Waals surface area contributed by atoms with Crippen molar-refractivity contribution in [1.29, 1.82) is 0 Å². The number of amides is 2. The second kappa shape index (κ2) is 10.6. The highest BCUT2D eigenvalue weighted by molar-refractivity contribution is 5.97. The van der Waals surface area contributed by atoms with E-state index < -0.39 is 64.4 Å². The summed E-state index contributed by atoms with van der Waals surface area (Å²) in [5.41, 5.74) is -2.66. The number of anilines is 1. The second-order valence-electron chi connectivity index (χ2n) is 7.20. The molecule has 0 spiro atoms. The van der Waals surface area contributed by atoms with Crippen LogP contribution in [0.25, 0.3) is 0 Å². The Morgan fingerprint density at radius 2 is 1.73 bits per heavy atom. The smallest absolute Gasteiger partial charge is 0.418 e. The van der Waals surface area contributed by atoms with E-state index in [0.29, 0.717) is 5.56 Å². The number of nitrogens with one attached hydrogen (secondary N) is 2. The van der Waals surface area contributed by atoms with Gasteiger partial charge in [-0.25, -0.2) is 4.79 Å². The number of halogens is 3. The van der Waals surface area contributed by atoms with Crippen molar-refractivity contribution in [3.63, 3.8) is 0 Å². The van der Waals surface area contributed by atoms with Crippen LogP contribution in [0.15, 0.2) is 48.5 Å². The van der Waals surface area contributed by atoms with Crippen LogP contribution in [0, 0.1) is 16.0 Å². The molecule has 2 aromatic rings. The number of non-ortho nitro benzene ring substituents is 1. The number of carbonyl (C=O) groups is 3. The van der Waals surface area contributed by atoms with Crippen molar-refractivity contribution in [3.8, 4) is 0 Å². The first-order valence-corrected chi connectivity index (χ1v) is 9.58. The molecular weight excluding hydrogens is 447 g/mol. The van der Waals surface area contributed by atoms with Crippen LogP contribution >= 0.6 is 0 Å². The number of benzene rings is 2. The van der Waals surface area contributed by atoms with Gasteiger partial charge in [0.2, 0.25) is 0 Å². The summed E-state index contributed by atoms with van der Waals surface area (Å²) < 4.78 is 44.5. The predicted molar refractivity (Wildman–Crippen MR) is 110 cm³/mol. The van der Waals surface area contributed by atoms with E-state index in [1.807, 2.05) is 5.32 Å². The summed E-state index contributed by atoms with van der Waals surface area (Å²) in [5.74, 6) is -3.01. The largest absolute Gasteiger partial charge is 0.454 e. The number of rotatable bonds is 8. The standard InChI is InChI=1S/C21H20F3N3O6/c1-12(2)18(26-19(29)13-6-4-3-5-7-13)20(30)33-11-17(28)25-16-9-8-14(27(31)32)10-15(16)21(22,23)24/h3-10,12,18H,11H2,1-2H3,(H,25,28)(H,26,29)/t18-/m1/s1. The van der Waals surface area contributed by atoms with Crippen LogP contribution in [-0.2, 0) is 20.5 Å². The summed E-state index contributed by atoms with van der Waals surface area (Å²) in [6, 6.07) is 8.75. The minimum Gasteiger partial charge on any atom is -0.454 e. The monoisotopic (exact) mass is 467 g/mol. The van der Waals surface area contributed by atoms with Crippen molar-refractivity contribution < 1.29 is 37.2 Å². The lowest BCUT2D eigenvalue weighted by molar-refractivity contribution is -0.385. The first kappa shape index (κ1) is 25.3. The average molecular weight is 467 g/mol. The van der Waals surface area contributed by atoms with Gasteiger partial charge < -0.3 is 15.4 Å². The molecule has 9 nitrogen and oxygen atoms in total. The topological polar surface area (TPSA) is 128 Å². The number of hydrogen-bond acceptors (Lipinski definition) is 6. The van der Waals surface area contributed by atoms with E-state index in [9.17, 15) is 37.7 Å². The van der Waals surface area contributed by atoms with Gasteiger partial charge in [-0.3, -0.25) is 19.7 Å². The highest BCUT2D eigenvalue weighted by Gasteiger charge is 2.36. The fraction of sp³-hybridized carbons (Fsp3) is 0.286. The first-order valence-electron chi connectivity index (χ1n) is 9.58. The molecule has 2 N–H and O–H groups in total. The molecule has 0 saturated carbocycles. The third-order valence-electron chi connectivity index (χ3n) is 4.38. The van der Waals surface area contributed by atoms with Gasteiger partial charge in [0.25, 0.3) is 17.5 Å². The number of carbonyl (C=O) groups excluding carboxylic acids is 3. The normalized spacial score (nSPS) is 12.1. The van der Waals surface area contributed by atoms with Gasteiger partial charge in [0.1, 0.15) is 6.04 Å². The van der Waals surface area contributed by atoms with Gasteiger partial charge in [-0.1, -0.05) is 32.0 Å². The summed E-state index contributed by atoms with van der Waals surface area (Å²) in [5, 5.41) is 15.2. The van der Waals surface area contributed by atoms with Gasteiger partial charge in [0.15, 0.2) is 6.61 Å². The third-order valence-corrected chi connectivity index (χ3v) is 4.38. The third kappa shape index (κ3) is 7.02. The number of esters is 1. The highest BCUT2D eigenvalue weighted by atomic mass is 19.4. The molecule has 0 aliphatic heterocycles. The van der Waals surface area contributed by atoms with E-state index in [0.717, 1.165) is 12.1 Å². The van der Waals surface area contributed by atoms with Crippen molar-refractivity contribution in [2.24, 2.45) is 5.92 Å². The molecule has 2 amide bonds. The molecule has 2 aromatic carbocycles. The summed E-state index contributed by atoms with van der Waals surface area (Å²) >= 11 is 0. The lowest BCUT2D eigenvalue weighted by Gasteiger charge is -2.21. The van der Waals surface area contributed by atoms with Crippen molar-refractivity contribution in [3.05, 3.63) is 69.8 Å². The lowest BCUT2D eigenvalue weighted by atomic mass is 10.0. The molecule has 0 heterocycles. The van der Waals surface area contributed by atoms with Gasteiger partial charge in [0, 0.05) is 17.7 Å². The Bertz CT molecular complexity index is 1040. The molecule has 12 heteroatoms. The molecule has 0 radical (unpaired) electrons. The minimum atomic E-state index is -4.98. The first-order chi connectivity index (χ1) is 15.4. The number of ether oxygens (including phenoxy) is 1. The maximum absolute atomic E-state index is 13.2. The Hall–Kier alpha value is -3.96. The number of nitro benzene ring substituents is 1. The van der Waals surface area contributed by atoms with E-state index >= 15 is 0 Å². The zero-order valence-corrected chi connectivity index (χ0v) is 17.5. The SMILES string of the molecule is CC(C)[C@@H](NC(=O)c1ccccc1)C(=O)OCC(=O)Nc1ccc([N+](=O)[O-])cc1C(F)(F)F. The Balaban J connectivity index is 2.05. The molecule has 176 valence electrons. The molecule has 1 atom stereocenters. The van der Waals surface area contributed by atoms with Crippen molar-refractivity contribution in [1.82, 2.24) is 5.32 Å². The van der Waals surface area contributed by atoms with Crippen LogP contribution in [0.4, 0.5) is 24.5 Å². The van der Waals surface area contributed by atoms with Crippen LogP contribution in [0.1, 0.15) is 29.8 Å². The summed E-state index contributed by atoms with van der Waals surface area (Å²) in [7, 11) is 0. The second-order valence-corrected chi connectivity index (χ2v) is 7.20. The minimum absolute atomic E-state index is 0.287.